The molecule has 1 aromatic heterocycles. The number of nitrogens with zero attached hydrogens (tertiary/aromatic N) is 3. The molecule has 1 amide bonds. The minimum absolute atomic E-state index is 0.0193. The molecular formula is C20H23Cl2N3O2S. The zero-order valence-electron chi connectivity index (χ0n) is 15.7. The number of anilines is 1. The summed E-state index contributed by atoms with van der Waals surface area (Å²) in [5.41, 5.74) is 1.63. The highest BCUT2D eigenvalue weighted by atomic mass is 35.5. The van der Waals surface area contributed by atoms with Crippen LogP contribution in [0.15, 0.2) is 36.2 Å². The summed E-state index contributed by atoms with van der Waals surface area (Å²) in [6.45, 7) is 6.29. The Hall–Kier alpha value is -1.44. The molecule has 0 N–H and O–H groups in total. The molecule has 150 valence electrons. The van der Waals surface area contributed by atoms with Gasteiger partial charge in [-0.25, -0.2) is 4.98 Å². The van der Waals surface area contributed by atoms with Crippen molar-refractivity contribution in [1.29, 1.82) is 0 Å². The number of methoxy groups -OCH3 is 1. The second-order valence-corrected chi connectivity index (χ2v) is 8.30. The molecule has 1 aliphatic heterocycles. The average Bonchev–Trinajstić information content (AvgIpc) is 3.18. The third kappa shape index (κ3) is 5.13. The van der Waals surface area contributed by atoms with Crippen molar-refractivity contribution >= 4 is 45.6 Å². The minimum Gasteiger partial charge on any atom is -0.381 e. The van der Waals surface area contributed by atoms with Crippen LogP contribution in [-0.2, 0) is 9.53 Å². The van der Waals surface area contributed by atoms with E-state index in [1.807, 2.05) is 11.4 Å². The second kappa shape index (κ2) is 9.85. The van der Waals surface area contributed by atoms with E-state index >= 15 is 0 Å². The summed E-state index contributed by atoms with van der Waals surface area (Å²) in [6, 6.07) is 5.39. The molecular weight excluding hydrogens is 417 g/mol. The van der Waals surface area contributed by atoms with Gasteiger partial charge < -0.3 is 4.74 Å². The van der Waals surface area contributed by atoms with Gasteiger partial charge in [0.25, 0.3) is 0 Å². The summed E-state index contributed by atoms with van der Waals surface area (Å²) >= 11 is 13.5. The van der Waals surface area contributed by atoms with Crippen LogP contribution in [0.3, 0.4) is 0 Å². The summed E-state index contributed by atoms with van der Waals surface area (Å²) < 4.78 is 5.40. The lowest BCUT2D eigenvalue weighted by Gasteiger charge is -2.31. The van der Waals surface area contributed by atoms with Gasteiger partial charge in [0.1, 0.15) is 0 Å². The van der Waals surface area contributed by atoms with Crippen molar-refractivity contribution in [1.82, 2.24) is 9.88 Å². The Labute approximate surface area is 179 Å². The van der Waals surface area contributed by atoms with Gasteiger partial charge in [-0.15, -0.1) is 17.9 Å². The Morgan fingerprint density at radius 1 is 1.39 bits per heavy atom. The zero-order valence-corrected chi connectivity index (χ0v) is 18.1. The summed E-state index contributed by atoms with van der Waals surface area (Å²) in [6.07, 6.45) is 3.91. The number of rotatable bonds is 7. The van der Waals surface area contributed by atoms with E-state index < -0.39 is 0 Å². The van der Waals surface area contributed by atoms with Gasteiger partial charge in [0, 0.05) is 37.7 Å². The molecule has 0 saturated carbocycles. The molecule has 2 heterocycles. The fourth-order valence-corrected chi connectivity index (χ4v) is 4.33. The lowest BCUT2D eigenvalue weighted by Crippen LogP contribution is -2.44. The Morgan fingerprint density at radius 2 is 2.14 bits per heavy atom. The molecule has 0 atom stereocenters. The Balaban J connectivity index is 1.71. The molecule has 1 fully saturated rings. The fraction of sp³-hybridized carbons (Fsp3) is 0.400. The van der Waals surface area contributed by atoms with Gasteiger partial charge in [-0.1, -0.05) is 35.3 Å². The summed E-state index contributed by atoms with van der Waals surface area (Å²) in [5, 5.41) is 3.55. The molecule has 28 heavy (non-hydrogen) atoms. The van der Waals surface area contributed by atoms with Crippen LogP contribution in [0.4, 0.5) is 5.13 Å². The Kier molecular flexibility index (Phi) is 7.48. The highest BCUT2D eigenvalue weighted by molar-refractivity contribution is 7.14. The number of hydrogen-bond acceptors (Lipinski definition) is 5. The van der Waals surface area contributed by atoms with E-state index in [2.05, 4.69) is 16.5 Å². The molecule has 0 aliphatic carbocycles. The number of halogens is 2. The maximum atomic E-state index is 12.9. The van der Waals surface area contributed by atoms with Crippen molar-refractivity contribution in [2.75, 3.05) is 38.2 Å². The van der Waals surface area contributed by atoms with Crippen molar-refractivity contribution < 1.29 is 9.53 Å². The molecule has 8 heteroatoms. The number of hydrogen-bond donors (Lipinski definition) is 0. The van der Waals surface area contributed by atoms with Crippen LogP contribution in [-0.4, -0.2) is 55.2 Å². The highest BCUT2D eigenvalue weighted by Crippen LogP contribution is 2.31. The zero-order chi connectivity index (χ0) is 20.1. The molecule has 1 aromatic carbocycles. The predicted molar refractivity (Wildman–Crippen MR) is 117 cm³/mol. The third-order valence-corrected chi connectivity index (χ3v) is 6.38. The van der Waals surface area contributed by atoms with Gasteiger partial charge in [-0.05, 0) is 25.0 Å². The van der Waals surface area contributed by atoms with Crippen molar-refractivity contribution in [3.63, 3.8) is 0 Å². The maximum Gasteiger partial charge on any atom is 0.243 e. The number of likely N-dealkylation sites (tertiary alicyclic amines) is 1. The van der Waals surface area contributed by atoms with Crippen LogP contribution in [0.2, 0.25) is 10.0 Å². The number of aromatic nitrogens is 1. The van der Waals surface area contributed by atoms with Crippen molar-refractivity contribution in [2.24, 2.45) is 0 Å². The summed E-state index contributed by atoms with van der Waals surface area (Å²) in [4.78, 5) is 21.4. The topological polar surface area (TPSA) is 45.7 Å². The Morgan fingerprint density at radius 3 is 2.79 bits per heavy atom. The highest BCUT2D eigenvalue weighted by Gasteiger charge is 2.24. The number of piperidine rings is 1. The van der Waals surface area contributed by atoms with E-state index in [4.69, 9.17) is 27.9 Å². The maximum absolute atomic E-state index is 12.9. The molecule has 1 saturated heterocycles. The SMILES string of the molecule is C=CCN(C(=O)CN1CCC(OC)CC1)c1nc(-c2ccc(Cl)c(Cl)c2)cs1. The molecule has 1 aliphatic rings. The lowest BCUT2D eigenvalue weighted by atomic mass is 10.1. The number of thiazole rings is 1. The molecule has 0 bridgehead atoms. The Bertz CT molecular complexity index is 835. The van der Waals surface area contributed by atoms with Crippen molar-refractivity contribution in [3.8, 4) is 11.3 Å². The number of carbonyl (C=O) groups is 1. The van der Waals surface area contributed by atoms with Gasteiger partial charge in [-0.2, -0.15) is 0 Å². The van der Waals surface area contributed by atoms with Gasteiger partial charge in [0.2, 0.25) is 5.91 Å². The quantitative estimate of drug-likeness (QED) is 0.584. The lowest BCUT2D eigenvalue weighted by molar-refractivity contribution is -0.120. The largest absolute Gasteiger partial charge is 0.381 e. The normalized spacial score (nSPS) is 15.5. The molecule has 5 nitrogen and oxygen atoms in total. The first kappa shape index (κ1) is 21.3. The predicted octanol–water partition coefficient (Wildman–Crippen LogP) is 4.75. The van der Waals surface area contributed by atoms with Crippen LogP contribution >= 0.6 is 34.5 Å². The first-order chi connectivity index (χ1) is 13.5. The smallest absolute Gasteiger partial charge is 0.243 e. The average molecular weight is 440 g/mol. The van der Waals surface area contributed by atoms with Crippen LogP contribution in [0, 0.1) is 0 Å². The van der Waals surface area contributed by atoms with E-state index in [0.29, 0.717) is 34.4 Å². The van der Waals surface area contributed by atoms with E-state index in [-0.39, 0.29) is 5.91 Å². The van der Waals surface area contributed by atoms with E-state index in [0.717, 1.165) is 37.2 Å². The third-order valence-electron chi connectivity index (χ3n) is 4.78. The minimum atomic E-state index is 0.0193. The van der Waals surface area contributed by atoms with E-state index in [1.165, 1.54) is 11.3 Å². The van der Waals surface area contributed by atoms with Crippen molar-refractivity contribution in [2.45, 2.75) is 18.9 Å². The fourth-order valence-electron chi connectivity index (χ4n) is 3.17. The van der Waals surface area contributed by atoms with E-state index in [1.54, 1.807) is 30.2 Å². The van der Waals surface area contributed by atoms with Gasteiger partial charge in [0.15, 0.2) is 5.13 Å². The van der Waals surface area contributed by atoms with Crippen LogP contribution in [0.5, 0.6) is 0 Å². The van der Waals surface area contributed by atoms with E-state index in [9.17, 15) is 4.79 Å². The van der Waals surface area contributed by atoms with Gasteiger partial charge in [0.05, 0.1) is 28.4 Å². The molecule has 3 rings (SSSR count). The standard InChI is InChI=1S/C20H23Cl2N3O2S/c1-3-8-25(19(26)12-24-9-6-15(27-2)7-10-24)20-23-18(13-28-20)14-4-5-16(21)17(22)11-14/h3-5,11,13,15H,1,6-10,12H2,2H3. The first-order valence-electron chi connectivity index (χ1n) is 9.09. The van der Waals surface area contributed by atoms with Crippen LogP contribution in [0.1, 0.15) is 12.8 Å². The molecule has 2 aromatic rings. The monoisotopic (exact) mass is 439 g/mol. The summed E-state index contributed by atoms with van der Waals surface area (Å²) in [5.74, 6) is 0.0193. The molecule has 0 radical (unpaired) electrons. The number of ether oxygens (including phenoxy) is 1. The van der Waals surface area contributed by atoms with Gasteiger partial charge >= 0.3 is 0 Å². The second-order valence-electron chi connectivity index (χ2n) is 6.65. The number of amides is 1. The number of benzene rings is 1. The summed E-state index contributed by atoms with van der Waals surface area (Å²) in [7, 11) is 1.74. The van der Waals surface area contributed by atoms with Gasteiger partial charge in [-0.3, -0.25) is 14.6 Å². The van der Waals surface area contributed by atoms with Crippen molar-refractivity contribution in [3.05, 3.63) is 46.3 Å². The number of carbonyl (C=O) groups excluding carboxylic acids is 1. The van der Waals surface area contributed by atoms with Crippen LogP contribution < -0.4 is 4.90 Å². The first-order valence-corrected chi connectivity index (χ1v) is 10.7. The molecule has 0 spiro atoms. The molecule has 0 unspecified atom stereocenters. The van der Waals surface area contributed by atoms with Crippen LogP contribution in [0.25, 0.3) is 11.3 Å².